The molecule has 0 bridgehead atoms. The number of aromatic nitrogens is 4. The van der Waals surface area contributed by atoms with E-state index in [0.29, 0.717) is 17.3 Å². The number of carbonyl (C=O) groups is 1. The standard InChI is InChI=1S/C23H23N5O2/c1-14(2)30-23-19-8-7-16(11-18(19)13-24-27-23)20-12-17(6-5-15(20)3)22(29)26-21-9-10-25-28(21)4/h5-14H,1-4H3,(H,26,29). The van der Waals surface area contributed by atoms with E-state index in [4.69, 9.17) is 4.74 Å². The van der Waals surface area contributed by atoms with E-state index in [0.717, 1.165) is 27.5 Å². The Morgan fingerprint density at radius 3 is 2.70 bits per heavy atom. The molecular formula is C23H23N5O2. The predicted molar refractivity (Wildman–Crippen MR) is 117 cm³/mol. The molecule has 2 heterocycles. The number of nitrogens with one attached hydrogen (secondary N) is 1. The van der Waals surface area contributed by atoms with E-state index < -0.39 is 0 Å². The lowest BCUT2D eigenvalue weighted by molar-refractivity contribution is 0.102. The van der Waals surface area contributed by atoms with Gasteiger partial charge < -0.3 is 10.1 Å². The van der Waals surface area contributed by atoms with Crippen molar-refractivity contribution >= 4 is 22.5 Å². The van der Waals surface area contributed by atoms with Crippen molar-refractivity contribution in [3.05, 3.63) is 66.0 Å². The summed E-state index contributed by atoms with van der Waals surface area (Å²) in [6.45, 7) is 5.95. The molecule has 0 radical (unpaired) electrons. The Hall–Kier alpha value is -3.74. The molecule has 2 aromatic carbocycles. The van der Waals surface area contributed by atoms with Gasteiger partial charge in [-0.1, -0.05) is 12.1 Å². The topological polar surface area (TPSA) is 81.9 Å². The Bertz CT molecular complexity index is 1230. The van der Waals surface area contributed by atoms with Crippen molar-refractivity contribution in [2.24, 2.45) is 7.05 Å². The molecule has 0 spiro atoms. The number of rotatable bonds is 5. The number of carbonyl (C=O) groups excluding carboxylic acids is 1. The monoisotopic (exact) mass is 401 g/mol. The minimum absolute atomic E-state index is 0.0152. The molecule has 7 nitrogen and oxygen atoms in total. The van der Waals surface area contributed by atoms with Crippen molar-refractivity contribution in [1.29, 1.82) is 0 Å². The van der Waals surface area contributed by atoms with Gasteiger partial charge in [0.05, 0.1) is 18.5 Å². The lowest BCUT2D eigenvalue weighted by Crippen LogP contribution is -2.14. The van der Waals surface area contributed by atoms with Crippen LogP contribution in [0.4, 0.5) is 5.82 Å². The first-order valence-electron chi connectivity index (χ1n) is 9.75. The van der Waals surface area contributed by atoms with Crippen LogP contribution < -0.4 is 10.1 Å². The zero-order valence-electron chi connectivity index (χ0n) is 17.4. The number of aryl methyl sites for hydroxylation is 2. The van der Waals surface area contributed by atoms with E-state index in [9.17, 15) is 4.79 Å². The van der Waals surface area contributed by atoms with Crippen LogP contribution in [0.15, 0.2) is 54.9 Å². The summed E-state index contributed by atoms with van der Waals surface area (Å²) in [4.78, 5) is 12.7. The van der Waals surface area contributed by atoms with Gasteiger partial charge in [0, 0.05) is 29.4 Å². The van der Waals surface area contributed by atoms with E-state index in [1.165, 1.54) is 0 Å². The van der Waals surface area contributed by atoms with E-state index in [2.05, 4.69) is 20.6 Å². The summed E-state index contributed by atoms with van der Waals surface area (Å²) < 4.78 is 7.39. The molecular weight excluding hydrogens is 378 g/mol. The first kappa shape index (κ1) is 19.6. The molecule has 0 aliphatic carbocycles. The number of benzene rings is 2. The van der Waals surface area contributed by atoms with Gasteiger partial charge in [-0.25, -0.2) is 0 Å². The fraction of sp³-hybridized carbons (Fsp3) is 0.217. The van der Waals surface area contributed by atoms with Crippen LogP contribution in [0.5, 0.6) is 5.88 Å². The zero-order valence-corrected chi connectivity index (χ0v) is 17.4. The smallest absolute Gasteiger partial charge is 0.256 e. The molecule has 0 saturated carbocycles. The SMILES string of the molecule is Cc1ccc(C(=O)Nc2ccnn2C)cc1-c1ccc2c(OC(C)C)nncc2c1. The molecule has 1 amide bonds. The highest BCUT2D eigenvalue weighted by Crippen LogP contribution is 2.31. The number of nitrogens with zero attached hydrogens (tertiary/aromatic N) is 4. The first-order valence-corrected chi connectivity index (χ1v) is 9.75. The average Bonchev–Trinajstić information content (AvgIpc) is 3.12. The Balaban J connectivity index is 1.70. The van der Waals surface area contributed by atoms with Gasteiger partial charge in [0.2, 0.25) is 5.88 Å². The third-order valence-electron chi connectivity index (χ3n) is 4.85. The third-order valence-corrected chi connectivity index (χ3v) is 4.85. The summed E-state index contributed by atoms with van der Waals surface area (Å²) in [7, 11) is 1.78. The number of hydrogen-bond donors (Lipinski definition) is 1. The second kappa shape index (κ2) is 7.94. The van der Waals surface area contributed by atoms with Crippen molar-refractivity contribution < 1.29 is 9.53 Å². The Kier molecular flexibility index (Phi) is 5.18. The quantitative estimate of drug-likeness (QED) is 0.537. The van der Waals surface area contributed by atoms with Crippen molar-refractivity contribution in [1.82, 2.24) is 20.0 Å². The number of anilines is 1. The van der Waals surface area contributed by atoms with Crippen LogP contribution >= 0.6 is 0 Å². The molecule has 7 heteroatoms. The number of fused-ring (bicyclic) bond motifs is 1. The average molecular weight is 401 g/mol. The second-order valence-corrected chi connectivity index (χ2v) is 7.44. The van der Waals surface area contributed by atoms with Gasteiger partial charge in [-0.15, -0.1) is 5.10 Å². The van der Waals surface area contributed by atoms with Crippen molar-refractivity contribution in [3.63, 3.8) is 0 Å². The number of hydrogen-bond acceptors (Lipinski definition) is 5. The molecule has 0 aliphatic heterocycles. The Labute approximate surface area is 174 Å². The van der Waals surface area contributed by atoms with Crippen molar-refractivity contribution in [3.8, 4) is 17.0 Å². The van der Waals surface area contributed by atoms with Crippen LogP contribution in [0.25, 0.3) is 21.9 Å². The minimum Gasteiger partial charge on any atom is -0.473 e. The highest BCUT2D eigenvalue weighted by molar-refractivity contribution is 6.04. The second-order valence-electron chi connectivity index (χ2n) is 7.44. The molecule has 30 heavy (non-hydrogen) atoms. The fourth-order valence-corrected chi connectivity index (χ4v) is 3.30. The molecule has 2 aromatic heterocycles. The highest BCUT2D eigenvalue weighted by Gasteiger charge is 2.13. The summed E-state index contributed by atoms with van der Waals surface area (Å²) in [5.41, 5.74) is 3.64. The molecule has 1 N–H and O–H groups in total. The number of ether oxygens (including phenoxy) is 1. The van der Waals surface area contributed by atoms with Gasteiger partial charge in [0.1, 0.15) is 5.82 Å². The maximum Gasteiger partial charge on any atom is 0.256 e. The van der Waals surface area contributed by atoms with E-state index in [1.54, 1.807) is 30.2 Å². The van der Waals surface area contributed by atoms with Crippen LogP contribution in [0.3, 0.4) is 0 Å². The maximum absolute atomic E-state index is 12.7. The van der Waals surface area contributed by atoms with Gasteiger partial charge in [0.25, 0.3) is 5.91 Å². The summed E-state index contributed by atoms with van der Waals surface area (Å²) in [5.74, 6) is 0.985. The normalized spacial score (nSPS) is 11.1. The van der Waals surface area contributed by atoms with Gasteiger partial charge in [-0.05, 0) is 61.7 Å². The van der Waals surface area contributed by atoms with Crippen molar-refractivity contribution in [2.45, 2.75) is 26.9 Å². The van der Waals surface area contributed by atoms with Crippen LogP contribution in [0.1, 0.15) is 29.8 Å². The minimum atomic E-state index is -0.181. The lowest BCUT2D eigenvalue weighted by Gasteiger charge is -2.13. The van der Waals surface area contributed by atoms with Crippen LogP contribution in [0.2, 0.25) is 0 Å². The Morgan fingerprint density at radius 2 is 1.97 bits per heavy atom. The summed E-state index contributed by atoms with van der Waals surface area (Å²) in [6, 6.07) is 13.5. The van der Waals surface area contributed by atoms with E-state index in [1.807, 2.05) is 57.2 Å². The van der Waals surface area contributed by atoms with Crippen molar-refractivity contribution in [2.75, 3.05) is 5.32 Å². The molecule has 0 unspecified atom stereocenters. The van der Waals surface area contributed by atoms with E-state index >= 15 is 0 Å². The van der Waals surface area contributed by atoms with Gasteiger partial charge in [0.15, 0.2) is 0 Å². The third kappa shape index (κ3) is 3.87. The summed E-state index contributed by atoms with van der Waals surface area (Å²) >= 11 is 0. The van der Waals surface area contributed by atoms with Gasteiger partial charge >= 0.3 is 0 Å². The largest absolute Gasteiger partial charge is 0.473 e. The van der Waals surface area contributed by atoms with Gasteiger partial charge in [-0.2, -0.15) is 10.2 Å². The zero-order chi connectivity index (χ0) is 21.3. The van der Waals surface area contributed by atoms with E-state index in [-0.39, 0.29) is 12.0 Å². The molecule has 152 valence electrons. The molecule has 0 aliphatic rings. The molecule has 0 atom stereocenters. The molecule has 0 fully saturated rings. The fourth-order valence-electron chi connectivity index (χ4n) is 3.30. The molecule has 4 rings (SSSR count). The summed E-state index contributed by atoms with van der Waals surface area (Å²) in [5, 5.41) is 17.0. The van der Waals surface area contributed by atoms with Crippen LogP contribution in [-0.4, -0.2) is 32.0 Å². The molecule has 0 saturated heterocycles. The first-order chi connectivity index (χ1) is 14.4. The molecule has 4 aromatic rings. The Morgan fingerprint density at radius 1 is 1.13 bits per heavy atom. The van der Waals surface area contributed by atoms with Crippen LogP contribution in [-0.2, 0) is 7.05 Å². The van der Waals surface area contributed by atoms with Crippen LogP contribution in [0, 0.1) is 6.92 Å². The number of amides is 1. The predicted octanol–water partition coefficient (Wildman–Crippen LogP) is 4.38. The summed E-state index contributed by atoms with van der Waals surface area (Å²) in [6.07, 6.45) is 3.38. The lowest BCUT2D eigenvalue weighted by atomic mass is 9.96. The van der Waals surface area contributed by atoms with Gasteiger partial charge in [-0.3, -0.25) is 9.48 Å². The highest BCUT2D eigenvalue weighted by atomic mass is 16.5. The maximum atomic E-state index is 12.7.